The van der Waals surface area contributed by atoms with Crippen LogP contribution in [0.5, 0.6) is 0 Å². The Labute approximate surface area is 123 Å². The van der Waals surface area contributed by atoms with E-state index in [1.165, 1.54) is 12.8 Å². The summed E-state index contributed by atoms with van der Waals surface area (Å²) in [5, 5.41) is 12.8. The number of nitrogen functional groups attached to an aromatic ring is 1. The number of hydrogen-bond donors (Lipinski definition) is 1. The number of anilines is 1. The van der Waals surface area contributed by atoms with Gasteiger partial charge in [-0.25, -0.2) is 4.68 Å². The second-order valence-electron chi connectivity index (χ2n) is 6.08. The van der Waals surface area contributed by atoms with Crippen LogP contribution in [0.25, 0.3) is 11.4 Å². The topological polar surface area (TPSA) is 69.6 Å². The maximum Gasteiger partial charge on any atom is 0.183 e. The molecule has 1 aliphatic carbocycles. The predicted molar refractivity (Wildman–Crippen MR) is 79.3 cm³/mol. The Morgan fingerprint density at radius 3 is 2.90 bits per heavy atom. The monoisotopic (exact) mass is 291 g/mol. The van der Waals surface area contributed by atoms with Gasteiger partial charge in [-0.15, -0.1) is 5.10 Å². The summed E-state index contributed by atoms with van der Waals surface area (Å²) < 4.78 is 1.91. The van der Waals surface area contributed by atoms with Gasteiger partial charge in [-0.3, -0.25) is 0 Å². The van der Waals surface area contributed by atoms with Crippen LogP contribution < -0.4 is 5.73 Å². The van der Waals surface area contributed by atoms with Gasteiger partial charge in [-0.1, -0.05) is 31.9 Å². The smallest absolute Gasteiger partial charge is 0.183 e. The zero-order valence-corrected chi connectivity index (χ0v) is 12.4. The summed E-state index contributed by atoms with van der Waals surface area (Å²) in [5.41, 5.74) is 7.49. The summed E-state index contributed by atoms with van der Waals surface area (Å²) in [4.78, 5) is 0. The van der Waals surface area contributed by atoms with Gasteiger partial charge in [0, 0.05) is 11.3 Å². The van der Waals surface area contributed by atoms with Crippen molar-refractivity contribution in [2.24, 2.45) is 5.41 Å². The van der Waals surface area contributed by atoms with Crippen LogP contribution in [0.4, 0.5) is 5.69 Å². The molecule has 1 aromatic heterocycles. The van der Waals surface area contributed by atoms with Crippen molar-refractivity contribution in [3.05, 3.63) is 23.2 Å². The fourth-order valence-corrected chi connectivity index (χ4v) is 3.26. The molecule has 3 rings (SSSR count). The fourth-order valence-electron chi connectivity index (χ4n) is 3.06. The molecule has 1 saturated carbocycles. The van der Waals surface area contributed by atoms with Crippen LogP contribution in [0, 0.1) is 5.41 Å². The summed E-state index contributed by atoms with van der Waals surface area (Å²) in [5.74, 6) is 0.697. The normalized spacial score (nSPS) is 21.2. The Bertz CT molecular complexity index is 634. The SMILES string of the molecule is CC1(C)CCCC1n1nnnc1-c1cc(N)ccc1Cl. The predicted octanol–water partition coefficient (Wildman–Crippen LogP) is 3.33. The molecule has 0 radical (unpaired) electrons. The van der Waals surface area contributed by atoms with E-state index >= 15 is 0 Å². The van der Waals surface area contributed by atoms with Gasteiger partial charge >= 0.3 is 0 Å². The molecule has 6 heteroatoms. The van der Waals surface area contributed by atoms with Crippen molar-refractivity contribution >= 4 is 17.3 Å². The number of hydrogen-bond acceptors (Lipinski definition) is 4. The van der Waals surface area contributed by atoms with Crippen molar-refractivity contribution in [2.75, 3.05) is 5.73 Å². The van der Waals surface area contributed by atoms with Crippen LogP contribution in [0.3, 0.4) is 0 Å². The Balaban J connectivity index is 2.09. The molecule has 2 aromatic rings. The van der Waals surface area contributed by atoms with Gasteiger partial charge in [0.1, 0.15) is 0 Å². The minimum atomic E-state index is 0.191. The molecule has 0 aliphatic heterocycles. The summed E-state index contributed by atoms with van der Waals surface area (Å²) >= 11 is 6.27. The number of tetrazole rings is 1. The number of rotatable bonds is 2. The average Bonchev–Trinajstić information content (AvgIpc) is 2.97. The lowest BCUT2D eigenvalue weighted by Gasteiger charge is -2.27. The first-order valence-electron chi connectivity index (χ1n) is 6.82. The van der Waals surface area contributed by atoms with E-state index in [1.807, 2.05) is 10.7 Å². The Kier molecular flexibility index (Phi) is 3.17. The molecule has 1 unspecified atom stereocenters. The minimum Gasteiger partial charge on any atom is -0.399 e. The number of halogens is 1. The first-order valence-corrected chi connectivity index (χ1v) is 7.20. The molecule has 0 amide bonds. The van der Waals surface area contributed by atoms with Gasteiger partial charge < -0.3 is 5.73 Å². The lowest BCUT2D eigenvalue weighted by Crippen LogP contribution is -2.23. The van der Waals surface area contributed by atoms with Crippen molar-refractivity contribution in [1.82, 2.24) is 20.2 Å². The summed E-state index contributed by atoms with van der Waals surface area (Å²) in [6, 6.07) is 5.68. The highest BCUT2D eigenvalue weighted by Crippen LogP contribution is 2.46. The van der Waals surface area contributed by atoms with E-state index in [1.54, 1.807) is 12.1 Å². The highest BCUT2D eigenvalue weighted by atomic mass is 35.5. The Morgan fingerprint density at radius 2 is 2.20 bits per heavy atom. The van der Waals surface area contributed by atoms with Crippen molar-refractivity contribution in [3.63, 3.8) is 0 Å². The van der Waals surface area contributed by atoms with Crippen LogP contribution in [-0.4, -0.2) is 20.2 Å². The molecule has 20 heavy (non-hydrogen) atoms. The molecule has 5 nitrogen and oxygen atoms in total. The minimum absolute atomic E-state index is 0.191. The first-order chi connectivity index (χ1) is 9.49. The second kappa shape index (κ2) is 4.74. The van der Waals surface area contributed by atoms with Gasteiger partial charge in [-0.05, 0) is 46.9 Å². The fraction of sp³-hybridized carbons (Fsp3) is 0.500. The third-order valence-electron chi connectivity index (χ3n) is 4.22. The van der Waals surface area contributed by atoms with Crippen molar-refractivity contribution < 1.29 is 0 Å². The van der Waals surface area contributed by atoms with Crippen molar-refractivity contribution in [1.29, 1.82) is 0 Å². The van der Waals surface area contributed by atoms with Crippen molar-refractivity contribution in [3.8, 4) is 11.4 Å². The maximum atomic E-state index is 6.27. The molecule has 2 N–H and O–H groups in total. The molecular formula is C14H18ClN5. The van der Waals surface area contributed by atoms with Crippen molar-refractivity contribution in [2.45, 2.75) is 39.2 Å². The third-order valence-corrected chi connectivity index (χ3v) is 4.55. The summed E-state index contributed by atoms with van der Waals surface area (Å²) in [6.45, 7) is 4.52. The molecule has 1 atom stereocenters. The zero-order chi connectivity index (χ0) is 14.3. The van der Waals surface area contributed by atoms with Crippen LogP contribution in [0.2, 0.25) is 5.02 Å². The van der Waals surface area contributed by atoms with E-state index in [0.717, 1.165) is 12.0 Å². The largest absolute Gasteiger partial charge is 0.399 e. The Hall–Kier alpha value is -1.62. The lowest BCUT2D eigenvalue weighted by molar-refractivity contribution is 0.242. The number of benzene rings is 1. The Morgan fingerprint density at radius 1 is 1.40 bits per heavy atom. The van der Waals surface area contributed by atoms with Gasteiger partial charge in [0.2, 0.25) is 0 Å². The van der Waals surface area contributed by atoms with E-state index in [9.17, 15) is 0 Å². The maximum absolute atomic E-state index is 6.27. The van der Waals surface area contributed by atoms with E-state index in [4.69, 9.17) is 17.3 Å². The summed E-state index contributed by atoms with van der Waals surface area (Å²) in [6.07, 6.45) is 3.47. The van der Waals surface area contributed by atoms with Crippen LogP contribution in [-0.2, 0) is 0 Å². The van der Waals surface area contributed by atoms with Gasteiger partial charge in [0.25, 0.3) is 0 Å². The third kappa shape index (κ3) is 2.16. The highest BCUT2D eigenvalue weighted by Gasteiger charge is 2.38. The summed E-state index contributed by atoms with van der Waals surface area (Å²) in [7, 11) is 0. The highest BCUT2D eigenvalue weighted by molar-refractivity contribution is 6.33. The molecule has 0 saturated heterocycles. The number of nitrogens with two attached hydrogens (primary N) is 1. The molecule has 1 aromatic carbocycles. The number of nitrogens with zero attached hydrogens (tertiary/aromatic N) is 4. The number of aromatic nitrogens is 4. The zero-order valence-electron chi connectivity index (χ0n) is 11.7. The van der Waals surface area contributed by atoms with E-state index in [0.29, 0.717) is 22.6 Å². The molecule has 106 valence electrons. The first kappa shape index (κ1) is 13.4. The second-order valence-corrected chi connectivity index (χ2v) is 6.49. The quantitative estimate of drug-likeness (QED) is 0.862. The van der Waals surface area contributed by atoms with E-state index in [-0.39, 0.29) is 5.41 Å². The lowest BCUT2D eigenvalue weighted by atomic mass is 9.87. The molecule has 1 heterocycles. The van der Waals surface area contributed by atoms with E-state index in [2.05, 4.69) is 29.4 Å². The molecule has 0 spiro atoms. The van der Waals surface area contributed by atoms with Crippen LogP contribution in [0.15, 0.2) is 18.2 Å². The molecular weight excluding hydrogens is 274 g/mol. The average molecular weight is 292 g/mol. The van der Waals surface area contributed by atoms with Crippen LogP contribution >= 0.6 is 11.6 Å². The van der Waals surface area contributed by atoms with E-state index < -0.39 is 0 Å². The molecule has 1 fully saturated rings. The van der Waals surface area contributed by atoms with Crippen LogP contribution in [0.1, 0.15) is 39.2 Å². The van der Waals surface area contributed by atoms with Gasteiger partial charge in [0.15, 0.2) is 5.82 Å². The van der Waals surface area contributed by atoms with Gasteiger partial charge in [-0.2, -0.15) is 0 Å². The molecule has 0 bridgehead atoms. The molecule has 1 aliphatic rings. The standard InChI is InChI=1S/C14H18ClN5/c1-14(2)7-3-4-12(14)20-13(17-18-19-20)10-8-9(16)5-6-11(10)15/h5-6,8,12H,3-4,7,16H2,1-2H3. The van der Waals surface area contributed by atoms with Gasteiger partial charge in [0.05, 0.1) is 11.1 Å².